The number of hydrogen-bond acceptors (Lipinski definition) is 3. The molecule has 3 aromatic rings. The molecule has 0 saturated carbocycles. The number of nitrogens with two attached hydrogens (primary N) is 1. The molecule has 1 aromatic carbocycles. The zero-order valence-corrected chi connectivity index (χ0v) is 10.3. The lowest BCUT2D eigenvalue weighted by Gasteiger charge is -2.03. The molecule has 18 heavy (non-hydrogen) atoms. The molecular formula is C14H15N3O. The van der Waals surface area contributed by atoms with Gasteiger partial charge in [-0.25, -0.2) is 4.98 Å². The van der Waals surface area contributed by atoms with E-state index < -0.39 is 0 Å². The van der Waals surface area contributed by atoms with Gasteiger partial charge in [-0.15, -0.1) is 0 Å². The summed E-state index contributed by atoms with van der Waals surface area (Å²) in [7, 11) is 1.67. The third-order valence-corrected chi connectivity index (χ3v) is 3.10. The highest BCUT2D eigenvalue weighted by atomic mass is 16.5. The number of pyridine rings is 1. The number of aromatic nitrogens is 2. The summed E-state index contributed by atoms with van der Waals surface area (Å²) in [5.41, 5.74) is 7.55. The van der Waals surface area contributed by atoms with Crippen LogP contribution in [0.3, 0.4) is 0 Å². The van der Waals surface area contributed by atoms with Crippen LogP contribution in [0.25, 0.3) is 16.4 Å². The first-order valence-electron chi connectivity index (χ1n) is 5.96. The third kappa shape index (κ3) is 1.71. The molecule has 3 rings (SSSR count). The van der Waals surface area contributed by atoms with E-state index in [2.05, 4.69) is 11.1 Å². The average Bonchev–Trinajstić information content (AvgIpc) is 2.81. The number of nitrogens with zero attached hydrogens (tertiary/aromatic N) is 2. The maximum atomic E-state index is 5.57. The molecule has 4 heteroatoms. The van der Waals surface area contributed by atoms with E-state index in [4.69, 9.17) is 10.5 Å². The monoisotopic (exact) mass is 241 g/mol. The van der Waals surface area contributed by atoms with Crippen molar-refractivity contribution in [2.45, 2.75) is 6.42 Å². The first-order chi connectivity index (χ1) is 8.81. The number of benzene rings is 1. The van der Waals surface area contributed by atoms with Crippen LogP contribution in [0.4, 0.5) is 0 Å². The van der Waals surface area contributed by atoms with Crippen molar-refractivity contribution in [3.05, 3.63) is 42.4 Å². The summed E-state index contributed by atoms with van der Waals surface area (Å²) >= 11 is 0. The van der Waals surface area contributed by atoms with Gasteiger partial charge in [0.1, 0.15) is 11.4 Å². The largest absolute Gasteiger partial charge is 0.497 e. The Kier molecular flexibility index (Phi) is 2.64. The lowest BCUT2D eigenvalue weighted by Crippen LogP contribution is -2.02. The highest BCUT2D eigenvalue weighted by Crippen LogP contribution is 2.24. The second-order valence-corrected chi connectivity index (χ2v) is 4.27. The van der Waals surface area contributed by atoms with E-state index in [9.17, 15) is 0 Å². The van der Waals surface area contributed by atoms with Crippen LogP contribution < -0.4 is 10.5 Å². The summed E-state index contributed by atoms with van der Waals surface area (Å²) in [4.78, 5) is 4.63. The van der Waals surface area contributed by atoms with Crippen molar-refractivity contribution < 1.29 is 4.74 Å². The highest BCUT2D eigenvalue weighted by Gasteiger charge is 2.06. The van der Waals surface area contributed by atoms with Crippen molar-refractivity contribution in [2.24, 2.45) is 5.73 Å². The van der Waals surface area contributed by atoms with Crippen LogP contribution in [0.5, 0.6) is 5.75 Å². The fourth-order valence-corrected chi connectivity index (χ4v) is 2.19. The minimum Gasteiger partial charge on any atom is -0.497 e. The minimum atomic E-state index is 0.616. The quantitative estimate of drug-likeness (QED) is 0.763. The second-order valence-electron chi connectivity index (χ2n) is 4.27. The number of ether oxygens (including phenoxy) is 1. The van der Waals surface area contributed by atoms with Gasteiger partial charge >= 0.3 is 0 Å². The van der Waals surface area contributed by atoms with Crippen molar-refractivity contribution in [3.8, 4) is 5.75 Å². The predicted molar refractivity (Wildman–Crippen MR) is 72.0 cm³/mol. The van der Waals surface area contributed by atoms with Gasteiger partial charge in [0.2, 0.25) is 0 Å². The molecule has 0 aliphatic rings. The number of hydrogen-bond donors (Lipinski definition) is 1. The SMILES string of the molecule is COc1ccc2ccn3cc(CCN)nc3c2c1. The molecule has 0 radical (unpaired) electrons. The molecule has 0 atom stereocenters. The van der Waals surface area contributed by atoms with Crippen LogP contribution in [-0.2, 0) is 6.42 Å². The summed E-state index contributed by atoms with van der Waals surface area (Å²) in [5, 5.41) is 2.26. The van der Waals surface area contributed by atoms with Gasteiger partial charge in [0.05, 0.1) is 12.8 Å². The van der Waals surface area contributed by atoms with Crippen molar-refractivity contribution in [2.75, 3.05) is 13.7 Å². The van der Waals surface area contributed by atoms with Gasteiger partial charge in [-0.1, -0.05) is 6.07 Å². The van der Waals surface area contributed by atoms with Gasteiger partial charge in [-0.2, -0.15) is 0 Å². The number of methoxy groups -OCH3 is 1. The van der Waals surface area contributed by atoms with E-state index in [1.807, 2.05) is 35.0 Å². The molecule has 0 amide bonds. The smallest absolute Gasteiger partial charge is 0.145 e. The Labute approximate surface area is 105 Å². The third-order valence-electron chi connectivity index (χ3n) is 3.10. The van der Waals surface area contributed by atoms with Crippen LogP contribution >= 0.6 is 0 Å². The normalized spacial score (nSPS) is 11.2. The lowest BCUT2D eigenvalue weighted by atomic mass is 10.1. The van der Waals surface area contributed by atoms with Crippen molar-refractivity contribution >= 4 is 16.4 Å². The molecule has 0 saturated heterocycles. The van der Waals surface area contributed by atoms with Gasteiger partial charge in [0, 0.05) is 24.2 Å². The molecule has 2 heterocycles. The van der Waals surface area contributed by atoms with Gasteiger partial charge in [-0.05, 0) is 30.1 Å². The first kappa shape index (κ1) is 11.0. The van der Waals surface area contributed by atoms with Crippen molar-refractivity contribution in [1.82, 2.24) is 9.38 Å². The number of rotatable bonds is 3. The Bertz CT molecular complexity index is 703. The van der Waals surface area contributed by atoms with E-state index >= 15 is 0 Å². The lowest BCUT2D eigenvalue weighted by molar-refractivity contribution is 0.415. The Morgan fingerprint density at radius 2 is 2.22 bits per heavy atom. The first-order valence-corrected chi connectivity index (χ1v) is 5.96. The Hall–Kier alpha value is -2.07. The maximum absolute atomic E-state index is 5.57. The summed E-state index contributed by atoms with van der Waals surface area (Å²) in [6.45, 7) is 0.616. The molecule has 0 bridgehead atoms. The van der Waals surface area contributed by atoms with Crippen molar-refractivity contribution in [1.29, 1.82) is 0 Å². The summed E-state index contributed by atoms with van der Waals surface area (Å²) in [6.07, 6.45) is 4.85. The van der Waals surface area contributed by atoms with Gasteiger partial charge in [0.15, 0.2) is 0 Å². The topological polar surface area (TPSA) is 52.5 Å². The zero-order chi connectivity index (χ0) is 12.5. The van der Waals surface area contributed by atoms with Crippen LogP contribution in [-0.4, -0.2) is 23.0 Å². The molecule has 0 fully saturated rings. The fourth-order valence-electron chi connectivity index (χ4n) is 2.19. The Morgan fingerprint density at radius 3 is 3.00 bits per heavy atom. The summed E-state index contributed by atoms with van der Waals surface area (Å²) in [5.74, 6) is 0.846. The van der Waals surface area contributed by atoms with Crippen LogP contribution in [0.2, 0.25) is 0 Å². The molecule has 0 spiro atoms. The molecule has 0 aliphatic heterocycles. The summed E-state index contributed by atoms with van der Waals surface area (Å²) < 4.78 is 7.30. The number of imidazole rings is 1. The predicted octanol–water partition coefficient (Wildman–Crippen LogP) is 2.00. The van der Waals surface area contributed by atoms with E-state index in [1.54, 1.807) is 7.11 Å². The highest BCUT2D eigenvalue weighted by molar-refractivity contribution is 5.94. The zero-order valence-electron chi connectivity index (χ0n) is 10.3. The molecule has 2 N–H and O–H groups in total. The van der Waals surface area contributed by atoms with Gasteiger partial charge in [0.25, 0.3) is 0 Å². The van der Waals surface area contributed by atoms with E-state index in [0.717, 1.165) is 34.3 Å². The average molecular weight is 241 g/mol. The van der Waals surface area contributed by atoms with Crippen LogP contribution in [0.15, 0.2) is 36.7 Å². The van der Waals surface area contributed by atoms with E-state index in [-0.39, 0.29) is 0 Å². The molecule has 92 valence electrons. The van der Waals surface area contributed by atoms with E-state index in [1.165, 1.54) is 0 Å². The van der Waals surface area contributed by atoms with Gasteiger partial charge < -0.3 is 14.9 Å². The molecule has 2 aromatic heterocycles. The van der Waals surface area contributed by atoms with Crippen molar-refractivity contribution in [3.63, 3.8) is 0 Å². The fraction of sp³-hybridized carbons (Fsp3) is 0.214. The van der Waals surface area contributed by atoms with Gasteiger partial charge in [-0.3, -0.25) is 0 Å². The Morgan fingerprint density at radius 1 is 1.33 bits per heavy atom. The standard InChI is InChI=1S/C14H15N3O/c1-18-12-3-2-10-5-7-17-9-11(4-6-15)16-14(17)13(10)8-12/h2-3,5,7-9H,4,6,15H2,1H3. The minimum absolute atomic E-state index is 0.616. The van der Waals surface area contributed by atoms with Crippen LogP contribution in [0, 0.1) is 0 Å². The summed E-state index contributed by atoms with van der Waals surface area (Å²) in [6, 6.07) is 8.10. The number of fused-ring (bicyclic) bond motifs is 3. The Balaban J connectivity index is 2.28. The molecular weight excluding hydrogens is 226 g/mol. The molecule has 4 nitrogen and oxygen atoms in total. The second kappa shape index (κ2) is 4.31. The molecule has 0 aliphatic carbocycles. The molecule has 0 unspecified atom stereocenters. The van der Waals surface area contributed by atoms with Crippen LogP contribution in [0.1, 0.15) is 5.69 Å². The van der Waals surface area contributed by atoms with E-state index in [0.29, 0.717) is 6.54 Å². The maximum Gasteiger partial charge on any atom is 0.145 e.